The SMILES string of the molecule is Cc1nc(N2CCC(CO)C2)cc(=O)[nH]1. The maximum absolute atomic E-state index is 11.2. The number of nitrogens with one attached hydrogen (secondary N) is 1. The quantitative estimate of drug-likeness (QED) is 0.713. The molecule has 1 atom stereocenters. The molecule has 1 aliphatic rings. The Morgan fingerprint density at radius 2 is 2.53 bits per heavy atom. The predicted octanol–water partition coefficient (Wildman–Crippen LogP) is -0.103. The van der Waals surface area contributed by atoms with Gasteiger partial charge in [0.15, 0.2) is 0 Å². The summed E-state index contributed by atoms with van der Waals surface area (Å²) in [5, 5.41) is 9.02. The molecule has 0 aromatic carbocycles. The standard InChI is InChI=1S/C10H15N3O2/c1-7-11-9(4-10(15)12-7)13-3-2-8(5-13)6-14/h4,8,14H,2-3,5-6H2,1H3,(H,11,12,15). The third kappa shape index (κ3) is 2.18. The van der Waals surface area contributed by atoms with Crippen molar-refractivity contribution in [2.24, 2.45) is 5.92 Å². The van der Waals surface area contributed by atoms with Gasteiger partial charge in [-0.05, 0) is 13.3 Å². The molecule has 1 saturated heterocycles. The molecule has 0 radical (unpaired) electrons. The molecule has 1 fully saturated rings. The van der Waals surface area contributed by atoms with Gasteiger partial charge in [0.25, 0.3) is 5.56 Å². The van der Waals surface area contributed by atoms with E-state index in [1.807, 2.05) is 4.90 Å². The summed E-state index contributed by atoms with van der Waals surface area (Å²) in [6, 6.07) is 1.51. The van der Waals surface area contributed by atoms with Gasteiger partial charge in [0.2, 0.25) is 0 Å². The van der Waals surface area contributed by atoms with E-state index in [0.29, 0.717) is 17.6 Å². The molecule has 15 heavy (non-hydrogen) atoms. The Labute approximate surface area is 87.8 Å². The number of hydrogen-bond acceptors (Lipinski definition) is 4. The highest BCUT2D eigenvalue weighted by Gasteiger charge is 2.22. The second-order valence-electron chi connectivity index (χ2n) is 3.97. The number of aliphatic hydroxyl groups excluding tert-OH is 1. The molecule has 2 heterocycles. The van der Waals surface area contributed by atoms with E-state index in [0.717, 1.165) is 19.5 Å². The zero-order valence-corrected chi connectivity index (χ0v) is 8.73. The van der Waals surface area contributed by atoms with Crippen molar-refractivity contribution >= 4 is 5.82 Å². The highest BCUT2D eigenvalue weighted by atomic mass is 16.3. The van der Waals surface area contributed by atoms with Gasteiger partial charge in [0.05, 0.1) is 0 Å². The first-order valence-electron chi connectivity index (χ1n) is 5.13. The van der Waals surface area contributed by atoms with E-state index in [4.69, 9.17) is 5.11 Å². The maximum atomic E-state index is 11.2. The summed E-state index contributed by atoms with van der Waals surface area (Å²) in [6.45, 7) is 3.62. The van der Waals surface area contributed by atoms with E-state index >= 15 is 0 Å². The third-order valence-electron chi connectivity index (χ3n) is 2.71. The normalized spacial score (nSPS) is 20.9. The molecule has 2 N–H and O–H groups in total. The van der Waals surface area contributed by atoms with Crippen LogP contribution in [0.2, 0.25) is 0 Å². The van der Waals surface area contributed by atoms with Crippen molar-refractivity contribution in [3.63, 3.8) is 0 Å². The molecule has 82 valence electrons. The van der Waals surface area contributed by atoms with Gasteiger partial charge in [0, 0.05) is 31.7 Å². The van der Waals surface area contributed by atoms with E-state index in [2.05, 4.69) is 9.97 Å². The number of anilines is 1. The zero-order chi connectivity index (χ0) is 10.8. The lowest BCUT2D eigenvalue weighted by Gasteiger charge is -2.16. The molecule has 1 unspecified atom stereocenters. The highest BCUT2D eigenvalue weighted by Crippen LogP contribution is 2.20. The largest absolute Gasteiger partial charge is 0.396 e. The summed E-state index contributed by atoms with van der Waals surface area (Å²) in [5.74, 6) is 1.66. The summed E-state index contributed by atoms with van der Waals surface area (Å²) in [4.78, 5) is 20.2. The first kappa shape index (κ1) is 10.2. The maximum Gasteiger partial charge on any atom is 0.252 e. The van der Waals surface area contributed by atoms with Crippen molar-refractivity contribution in [3.8, 4) is 0 Å². The van der Waals surface area contributed by atoms with Gasteiger partial charge in [-0.1, -0.05) is 0 Å². The van der Waals surface area contributed by atoms with Crippen molar-refractivity contribution in [3.05, 3.63) is 22.2 Å². The summed E-state index contributed by atoms with van der Waals surface area (Å²) >= 11 is 0. The van der Waals surface area contributed by atoms with Gasteiger partial charge in [-0.25, -0.2) is 4.98 Å². The number of aliphatic hydroxyl groups is 1. The van der Waals surface area contributed by atoms with E-state index in [-0.39, 0.29) is 12.2 Å². The van der Waals surface area contributed by atoms with Gasteiger partial charge in [-0.3, -0.25) is 4.79 Å². The van der Waals surface area contributed by atoms with Crippen LogP contribution in [0.25, 0.3) is 0 Å². The molecule has 0 saturated carbocycles. The van der Waals surface area contributed by atoms with Crippen LogP contribution in [0.4, 0.5) is 5.82 Å². The minimum absolute atomic E-state index is 0.120. The molecule has 5 nitrogen and oxygen atoms in total. The Balaban J connectivity index is 2.20. The third-order valence-corrected chi connectivity index (χ3v) is 2.71. The van der Waals surface area contributed by atoms with Crippen LogP contribution in [0, 0.1) is 12.8 Å². The fraction of sp³-hybridized carbons (Fsp3) is 0.600. The Morgan fingerprint density at radius 3 is 3.13 bits per heavy atom. The molecule has 1 aliphatic heterocycles. The lowest BCUT2D eigenvalue weighted by atomic mass is 10.1. The minimum atomic E-state index is -0.120. The Kier molecular flexibility index (Phi) is 2.73. The van der Waals surface area contributed by atoms with Crippen molar-refractivity contribution in [1.82, 2.24) is 9.97 Å². The Bertz CT molecular complexity index is 402. The van der Waals surface area contributed by atoms with Crippen LogP contribution in [0.1, 0.15) is 12.2 Å². The summed E-state index contributed by atoms with van der Waals surface area (Å²) in [5.41, 5.74) is -0.120. The zero-order valence-electron chi connectivity index (χ0n) is 8.73. The molecular formula is C10H15N3O2. The first-order chi connectivity index (χ1) is 7.19. The molecule has 0 amide bonds. The number of aryl methyl sites for hydroxylation is 1. The van der Waals surface area contributed by atoms with Crippen LogP contribution >= 0.6 is 0 Å². The van der Waals surface area contributed by atoms with Crippen molar-refractivity contribution < 1.29 is 5.11 Å². The average molecular weight is 209 g/mol. The van der Waals surface area contributed by atoms with Crippen LogP contribution in [0.3, 0.4) is 0 Å². The van der Waals surface area contributed by atoms with Crippen molar-refractivity contribution in [2.45, 2.75) is 13.3 Å². The smallest absolute Gasteiger partial charge is 0.252 e. The second kappa shape index (κ2) is 4.02. The molecule has 0 aliphatic carbocycles. The van der Waals surface area contributed by atoms with E-state index in [9.17, 15) is 4.79 Å². The highest BCUT2D eigenvalue weighted by molar-refractivity contribution is 5.38. The van der Waals surface area contributed by atoms with Crippen LogP contribution in [-0.2, 0) is 0 Å². The number of aromatic amines is 1. The van der Waals surface area contributed by atoms with E-state index in [1.165, 1.54) is 6.07 Å². The van der Waals surface area contributed by atoms with Gasteiger partial charge in [-0.15, -0.1) is 0 Å². The van der Waals surface area contributed by atoms with Gasteiger partial charge >= 0.3 is 0 Å². The number of H-pyrrole nitrogens is 1. The van der Waals surface area contributed by atoms with Crippen molar-refractivity contribution in [1.29, 1.82) is 0 Å². The number of aromatic nitrogens is 2. The number of hydrogen-bond donors (Lipinski definition) is 2. The second-order valence-corrected chi connectivity index (χ2v) is 3.97. The molecule has 5 heteroatoms. The molecule has 2 rings (SSSR count). The van der Waals surface area contributed by atoms with Crippen LogP contribution in [0.15, 0.2) is 10.9 Å². The summed E-state index contributed by atoms with van der Waals surface area (Å²) in [7, 11) is 0. The predicted molar refractivity (Wildman–Crippen MR) is 57.0 cm³/mol. The summed E-state index contributed by atoms with van der Waals surface area (Å²) < 4.78 is 0. The molecule has 0 bridgehead atoms. The summed E-state index contributed by atoms with van der Waals surface area (Å²) in [6.07, 6.45) is 0.962. The van der Waals surface area contributed by atoms with Gasteiger partial charge < -0.3 is 15.0 Å². The molecule has 0 spiro atoms. The Hall–Kier alpha value is -1.36. The lowest BCUT2D eigenvalue weighted by Crippen LogP contribution is -2.24. The van der Waals surface area contributed by atoms with Gasteiger partial charge in [0.1, 0.15) is 11.6 Å². The molecular weight excluding hydrogens is 194 g/mol. The monoisotopic (exact) mass is 209 g/mol. The fourth-order valence-corrected chi connectivity index (χ4v) is 1.92. The average Bonchev–Trinajstić information content (AvgIpc) is 2.64. The van der Waals surface area contributed by atoms with Gasteiger partial charge in [-0.2, -0.15) is 0 Å². The Morgan fingerprint density at radius 1 is 1.73 bits per heavy atom. The lowest BCUT2D eigenvalue weighted by molar-refractivity contribution is 0.238. The first-order valence-corrected chi connectivity index (χ1v) is 5.13. The molecule has 1 aromatic heterocycles. The van der Waals surface area contributed by atoms with Crippen LogP contribution in [0.5, 0.6) is 0 Å². The van der Waals surface area contributed by atoms with Crippen molar-refractivity contribution in [2.75, 3.05) is 24.6 Å². The number of rotatable bonds is 2. The minimum Gasteiger partial charge on any atom is -0.396 e. The van der Waals surface area contributed by atoms with E-state index < -0.39 is 0 Å². The topological polar surface area (TPSA) is 69.2 Å². The van der Waals surface area contributed by atoms with Crippen LogP contribution < -0.4 is 10.5 Å². The molecule has 1 aromatic rings. The van der Waals surface area contributed by atoms with E-state index in [1.54, 1.807) is 6.92 Å². The van der Waals surface area contributed by atoms with Crippen LogP contribution in [-0.4, -0.2) is 34.8 Å². The fourth-order valence-electron chi connectivity index (χ4n) is 1.92. The number of nitrogens with zero attached hydrogens (tertiary/aromatic N) is 2.